The molecule has 5 heteroatoms. The van der Waals surface area contributed by atoms with Crippen molar-refractivity contribution < 1.29 is 4.79 Å². The Bertz CT molecular complexity index is 392. The Kier molecular flexibility index (Phi) is 4.90. The van der Waals surface area contributed by atoms with Crippen LogP contribution in [0.1, 0.15) is 22.8 Å². The van der Waals surface area contributed by atoms with Crippen molar-refractivity contribution in [3.05, 3.63) is 23.4 Å². The van der Waals surface area contributed by atoms with Crippen molar-refractivity contribution in [1.82, 2.24) is 10.3 Å². The molecule has 5 nitrogen and oxygen atoms in total. The molecule has 0 spiro atoms. The van der Waals surface area contributed by atoms with E-state index in [-0.39, 0.29) is 0 Å². The molecule has 1 aromatic heterocycles. The zero-order valence-electron chi connectivity index (χ0n) is 10.6. The third kappa shape index (κ3) is 3.71. The predicted molar refractivity (Wildman–Crippen MR) is 69.1 cm³/mol. The monoisotopic (exact) mass is 236 g/mol. The van der Waals surface area contributed by atoms with Crippen molar-refractivity contribution in [3.8, 4) is 0 Å². The molecular weight excluding hydrogens is 216 g/mol. The largest absolute Gasteiger partial charge is 0.369 e. The number of carbonyl (C=O) groups excluding carboxylic acids is 1. The van der Waals surface area contributed by atoms with Gasteiger partial charge in [-0.1, -0.05) is 6.92 Å². The van der Waals surface area contributed by atoms with Crippen molar-refractivity contribution in [2.24, 2.45) is 11.7 Å². The van der Waals surface area contributed by atoms with E-state index in [1.54, 1.807) is 12.3 Å². The molecule has 94 valence electrons. The van der Waals surface area contributed by atoms with E-state index in [4.69, 9.17) is 5.73 Å². The van der Waals surface area contributed by atoms with E-state index in [0.29, 0.717) is 17.3 Å². The average molecular weight is 236 g/mol. The average Bonchev–Trinajstić information content (AvgIpc) is 2.26. The molecule has 1 heterocycles. The van der Waals surface area contributed by atoms with Crippen LogP contribution < -0.4 is 16.4 Å². The number of nitrogens with one attached hydrogen (secondary N) is 2. The maximum absolute atomic E-state index is 11.3. The molecule has 0 saturated heterocycles. The van der Waals surface area contributed by atoms with Gasteiger partial charge in [0.25, 0.3) is 5.91 Å². The molecule has 1 aromatic rings. The molecule has 0 bridgehead atoms. The van der Waals surface area contributed by atoms with Gasteiger partial charge in [0.1, 0.15) is 5.82 Å². The number of hydrogen-bond acceptors (Lipinski definition) is 4. The molecule has 0 fully saturated rings. The van der Waals surface area contributed by atoms with Crippen LogP contribution in [0, 0.1) is 12.8 Å². The van der Waals surface area contributed by atoms with Gasteiger partial charge in [0, 0.05) is 12.7 Å². The highest BCUT2D eigenvalue weighted by Crippen LogP contribution is 2.16. The molecular formula is C12H20N4O. The van der Waals surface area contributed by atoms with Crippen molar-refractivity contribution in [3.63, 3.8) is 0 Å². The number of pyridine rings is 1. The third-order valence-electron chi connectivity index (χ3n) is 2.58. The van der Waals surface area contributed by atoms with Crippen LogP contribution >= 0.6 is 0 Å². The highest BCUT2D eigenvalue weighted by atomic mass is 16.1. The summed E-state index contributed by atoms with van der Waals surface area (Å²) in [5.74, 6) is 0.572. The standard InChI is InChI=1S/C12H20N4O/c1-8(6-14-3)7-16-12-10(11(13)17)9(2)4-5-15-12/h4-5,8,14H,6-7H2,1-3H3,(H2,13,17)(H,15,16). The molecule has 4 N–H and O–H groups in total. The summed E-state index contributed by atoms with van der Waals surface area (Å²) in [5.41, 5.74) is 6.67. The number of hydrogen-bond donors (Lipinski definition) is 3. The summed E-state index contributed by atoms with van der Waals surface area (Å²) in [6, 6.07) is 1.78. The molecule has 1 unspecified atom stereocenters. The molecule has 0 saturated carbocycles. The molecule has 1 atom stereocenters. The molecule has 1 rings (SSSR count). The van der Waals surface area contributed by atoms with Gasteiger partial charge in [-0.3, -0.25) is 4.79 Å². The maximum Gasteiger partial charge on any atom is 0.252 e. The number of nitrogens with zero attached hydrogens (tertiary/aromatic N) is 1. The lowest BCUT2D eigenvalue weighted by Crippen LogP contribution is -2.24. The number of anilines is 1. The number of primary amides is 1. The Morgan fingerprint density at radius 2 is 2.24 bits per heavy atom. The molecule has 0 aliphatic heterocycles. The van der Waals surface area contributed by atoms with Gasteiger partial charge in [0.2, 0.25) is 0 Å². The van der Waals surface area contributed by atoms with E-state index >= 15 is 0 Å². The summed E-state index contributed by atoms with van der Waals surface area (Å²) in [7, 11) is 1.91. The van der Waals surface area contributed by atoms with Gasteiger partial charge in [0.05, 0.1) is 5.56 Å². The lowest BCUT2D eigenvalue weighted by molar-refractivity contribution is 0.1000. The smallest absolute Gasteiger partial charge is 0.252 e. The van der Waals surface area contributed by atoms with Crippen LogP contribution in [0.2, 0.25) is 0 Å². The molecule has 0 aliphatic carbocycles. The quantitative estimate of drug-likeness (QED) is 0.681. The van der Waals surface area contributed by atoms with Crippen LogP contribution in [0.15, 0.2) is 12.3 Å². The van der Waals surface area contributed by atoms with Crippen molar-refractivity contribution in [2.45, 2.75) is 13.8 Å². The first-order chi connectivity index (χ1) is 8.06. The number of amides is 1. The molecule has 0 radical (unpaired) electrons. The summed E-state index contributed by atoms with van der Waals surface area (Å²) in [5, 5.41) is 6.27. The summed E-state index contributed by atoms with van der Waals surface area (Å²) >= 11 is 0. The van der Waals surface area contributed by atoms with E-state index < -0.39 is 5.91 Å². The Morgan fingerprint density at radius 3 is 2.82 bits per heavy atom. The van der Waals surface area contributed by atoms with Gasteiger partial charge in [-0.05, 0) is 38.1 Å². The normalized spacial score (nSPS) is 12.2. The van der Waals surface area contributed by atoms with Crippen LogP contribution in [-0.4, -0.2) is 31.0 Å². The molecule has 0 aliphatic rings. The van der Waals surface area contributed by atoms with Crippen LogP contribution in [0.4, 0.5) is 5.82 Å². The van der Waals surface area contributed by atoms with Gasteiger partial charge < -0.3 is 16.4 Å². The second-order valence-corrected chi connectivity index (χ2v) is 4.26. The summed E-state index contributed by atoms with van der Waals surface area (Å²) in [6.07, 6.45) is 1.67. The zero-order valence-corrected chi connectivity index (χ0v) is 10.6. The maximum atomic E-state index is 11.3. The van der Waals surface area contributed by atoms with Gasteiger partial charge in [-0.15, -0.1) is 0 Å². The molecule has 1 amide bonds. The summed E-state index contributed by atoms with van der Waals surface area (Å²) in [4.78, 5) is 15.5. The Hall–Kier alpha value is -1.62. The Balaban J connectivity index is 2.77. The number of aryl methyl sites for hydroxylation is 1. The summed E-state index contributed by atoms with van der Waals surface area (Å²) in [6.45, 7) is 5.62. The minimum absolute atomic E-state index is 0.445. The second-order valence-electron chi connectivity index (χ2n) is 4.26. The Labute approximate surface area is 102 Å². The van der Waals surface area contributed by atoms with Crippen LogP contribution in [0.3, 0.4) is 0 Å². The number of rotatable bonds is 6. The van der Waals surface area contributed by atoms with Crippen molar-refractivity contribution >= 4 is 11.7 Å². The highest BCUT2D eigenvalue weighted by molar-refractivity contribution is 5.98. The van der Waals surface area contributed by atoms with E-state index in [0.717, 1.165) is 18.7 Å². The Morgan fingerprint density at radius 1 is 1.53 bits per heavy atom. The fraction of sp³-hybridized carbons (Fsp3) is 0.500. The van der Waals surface area contributed by atoms with E-state index in [1.807, 2.05) is 14.0 Å². The fourth-order valence-electron chi connectivity index (χ4n) is 1.69. The highest BCUT2D eigenvalue weighted by Gasteiger charge is 2.12. The van der Waals surface area contributed by atoms with E-state index in [1.165, 1.54) is 0 Å². The first kappa shape index (κ1) is 13.4. The number of aromatic nitrogens is 1. The predicted octanol–water partition coefficient (Wildman–Crippen LogP) is 0.756. The van der Waals surface area contributed by atoms with Crippen molar-refractivity contribution in [1.29, 1.82) is 0 Å². The van der Waals surface area contributed by atoms with Gasteiger partial charge in [-0.2, -0.15) is 0 Å². The lowest BCUT2D eigenvalue weighted by atomic mass is 10.1. The van der Waals surface area contributed by atoms with Gasteiger partial charge >= 0.3 is 0 Å². The third-order valence-corrected chi connectivity index (χ3v) is 2.58. The van der Waals surface area contributed by atoms with E-state index in [9.17, 15) is 4.79 Å². The molecule has 17 heavy (non-hydrogen) atoms. The first-order valence-electron chi connectivity index (χ1n) is 5.70. The van der Waals surface area contributed by atoms with Crippen LogP contribution in [0.25, 0.3) is 0 Å². The van der Waals surface area contributed by atoms with E-state index in [2.05, 4.69) is 22.5 Å². The lowest BCUT2D eigenvalue weighted by Gasteiger charge is -2.14. The fourth-order valence-corrected chi connectivity index (χ4v) is 1.69. The first-order valence-corrected chi connectivity index (χ1v) is 5.70. The zero-order chi connectivity index (χ0) is 12.8. The van der Waals surface area contributed by atoms with Crippen molar-refractivity contribution in [2.75, 3.05) is 25.5 Å². The number of nitrogens with two attached hydrogens (primary N) is 1. The minimum atomic E-state index is -0.445. The summed E-state index contributed by atoms with van der Waals surface area (Å²) < 4.78 is 0. The molecule has 0 aromatic carbocycles. The van der Waals surface area contributed by atoms with Gasteiger partial charge in [0.15, 0.2) is 0 Å². The number of carbonyl (C=O) groups is 1. The van der Waals surface area contributed by atoms with Gasteiger partial charge in [-0.25, -0.2) is 4.98 Å². The topological polar surface area (TPSA) is 80.0 Å². The SMILES string of the molecule is CNCC(C)CNc1nccc(C)c1C(N)=O. The van der Waals surface area contributed by atoms with Crippen LogP contribution in [-0.2, 0) is 0 Å². The minimum Gasteiger partial charge on any atom is -0.369 e. The second kappa shape index (κ2) is 6.20. The van der Waals surface area contributed by atoms with Crippen LogP contribution in [0.5, 0.6) is 0 Å².